The van der Waals surface area contributed by atoms with Gasteiger partial charge in [-0.1, -0.05) is 42.5 Å². The summed E-state index contributed by atoms with van der Waals surface area (Å²) in [4.78, 5) is 7.25. The standard InChI is InChI=1S/C24H34N4O2/c1-3-25-24(26-17-20(2)30-23-11-5-4-6-12-23)27-18-21-9-7-8-10-22(21)19-28-13-15-29-16-14-28/h4-12,20H,3,13-19H2,1-2H3,(H2,25,26,27). The minimum atomic E-state index is 0.0323. The molecule has 0 aromatic heterocycles. The van der Waals surface area contributed by atoms with E-state index in [-0.39, 0.29) is 6.10 Å². The van der Waals surface area contributed by atoms with Gasteiger partial charge in [-0.2, -0.15) is 0 Å². The summed E-state index contributed by atoms with van der Waals surface area (Å²) >= 11 is 0. The number of hydrogen-bond donors (Lipinski definition) is 2. The van der Waals surface area contributed by atoms with Gasteiger partial charge in [0.1, 0.15) is 11.9 Å². The van der Waals surface area contributed by atoms with E-state index in [1.807, 2.05) is 30.3 Å². The van der Waals surface area contributed by atoms with E-state index in [4.69, 9.17) is 14.5 Å². The molecule has 1 aliphatic heterocycles. The van der Waals surface area contributed by atoms with Crippen molar-refractivity contribution in [1.82, 2.24) is 15.5 Å². The summed E-state index contributed by atoms with van der Waals surface area (Å²) in [6, 6.07) is 18.5. The van der Waals surface area contributed by atoms with Crippen molar-refractivity contribution in [2.45, 2.75) is 33.0 Å². The molecular formula is C24H34N4O2. The Labute approximate surface area is 180 Å². The lowest BCUT2D eigenvalue weighted by Crippen LogP contribution is -2.41. The lowest BCUT2D eigenvalue weighted by molar-refractivity contribution is 0.0341. The van der Waals surface area contributed by atoms with E-state index in [9.17, 15) is 0 Å². The first-order valence-corrected chi connectivity index (χ1v) is 10.9. The number of para-hydroxylation sites is 1. The normalized spacial score (nSPS) is 16.1. The Balaban J connectivity index is 1.56. The van der Waals surface area contributed by atoms with Crippen LogP contribution in [-0.2, 0) is 17.8 Å². The largest absolute Gasteiger partial charge is 0.489 e. The van der Waals surface area contributed by atoms with E-state index in [1.165, 1.54) is 11.1 Å². The number of ether oxygens (including phenoxy) is 2. The lowest BCUT2D eigenvalue weighted by atomic mass is 10.1. The maximum absolute atomic E-state index is 5.95. The lowest BCUT2D eigenvalue weighted by Gasteiger charge is -2.27. The minimum absolute atomic E-state index is 0.0323. The zero-order valence-electron chi connectivity index (χ0n) is 18.1. The molecule has 0 bridgehead atoms. The smallest absolute Gasteiger partial charge is 0.191 e. The van der Waals surface area contributed by atoms with Gasteiger partial charge in [0.15, 0.2) is 5.96 Å². The molecule has 0 radical (unpaired) electrons. The van der Waals surface area contributed by atoms with E-state index < -0.39 is 0 Å². The molecule has 1 fully saturated rings. The molecule has 0 saturated carbocycles. The molecule has 30 heavy (non-hydrogen) atoms. The summed E-state index contributed by atoms with van der Waals surface area (Å²) in [5.74, 6) is 1.69. The Hall–Kier alpha value is -2.57. The molecule has 0 amide bonds. The van der Waals surface area contributed by atoms with E-state index in [1.54, 1.807) is 0 Å². The van der Waals surface area contributed by atoms with E-state index in [0.717, 1.165) is 51.1 Å². The Morgan fingerprint density at radius 3 is 2.47 bits per heavy atom. The molecular weight excluding hydrogens is 376 g/mol. The molecule has 3 rings (SSSR count). The fraction of sp³-hybridized carbons (Fsp3) is 0.458. The van der Waals surface area contributed by atoms with E-state index >= 15 is 0 Å². The Morgan fingerprint density at radius 2 is 1.73 bits per heavy atom. The van der Waals surface area contributed by atoms with Crippen molar-refractivity contribution in [2.75, 3.05) is 39.4 Å². The third-order valence-electron chi connectivity index (χ3n) is 5.01. The molecule has 2 aromatic carbocycles. The zero-order valence-corrected chi connectivity index (χ0v) is 18.1. The molecule has 0 spiro atoms. The summed E-state index contributed by atoms with van der Waals surface area (Å²) in [6.07, 6.45) is 0.0323. The van der Waals surface area contributed by atoms with Crippen LogP contribution in [0.3, 0.4) is 0 Å². The van der Waals surface area contributed by atoms with Crippen LogP contribution in [0.1, 0.15) is 25.0 Å². The molecule has 0 aliphatic carbocycles. The summed E-state index contributed by atoms with van der Waals surface area (Å²) < 4.78 is 11.4. The minimum Gasteiger partial charge on any atom is -0.489 e. The van der Waals surface area contributed by atoms with Crippen LogP contribution in [0.2, 0.25) is 0 Å². The molecule has 162 valence electrons. The van der Waals surface area contributed by atoms with Gasteiger partial charge >= 0.3 is 0 Å². The number of hydrogen-bond acceptors (Lipinski definition) is 4. The number of guanidine groups is 1. The van der Waals surface area contributed by atoms with Gasteiger partial charge in [0, 0.05) is 26.2 Å². The Kier molecular flexibility index (Phi) is 9.00. The number of rotatable bonds is 9. The molecule has 1 aliphatic rings. The fourth-order valence-corrected chi connectivity index (χ4v) is 3.39. The van der Waals surface area contributed by atoms with Crippen molar-refractivity contribution in [3.63, 3.8) is 0 Å². The average Bonchev–Trinajstić information content (AvgIpc) is 2.78. The molecule has 6 heteroatoms. The number of aliphatic imine (C=N–C) groups is 1. The zero-order chi connectivity index (χ0) is 21.0. The van der Waals surface area contributed by atoms with Crippen LogP contribution < -0.4 is 15.4 Å². The SMILES string of the molecule is CCNC(=NCc1ccccc1CN1CCOCC1)NCC(C)Oc1ccccc1. The van der Waals surface area contributed by atoms with Gasteiger partial charge in [-0.3, -0.25) is 4.90 Å². The maximum Gasteiger partial charge on any atom is 0.191 e. The van der Waals surface area contributed by atoms with Crippen LogP contribution in [0.4, 0.5) is 0 Å². The number of morpholine rings is 1. The molecule has 2 aromatic rings. The molecule has 1 unspecified atom stereocenters. The number of nitrogens with zero attached hydrogens (tertiary/aromatic N) is 2. The van der Waals surface area contributed by atoms with Crippen LogP contribution >= 0.6 is 0 Å². The predicted molar refractivity (Wildman–Crippen MR) is 122 cm³/mol. The van der Waals surface area contributed by atoms with Gasteiger partial charge in [-0.25, -0.2) is 4.99 Å². The highest BCUT2D eigenvalue weighted by Gasteiger charge is 2.13. The molecule has 1 heterocycles. The monoisotopic (exact) mass is 410 g/mol. The highest BCUT2D eigenvalue weighted by atomic mass is 16.5. The van der Waals surface area contributed by atoms with Crippen LogP contribution in [0.25, 0.3) is 0 Å². The maximum atomic E-state index is 5.95. The summed E-state index contributed by atoms with van der Waals surface area (Å²) in [5.41, 5.74) is 2.59. The van der Waals surface area contributed by atoms with Crippen LogP contribution in [0.5, 0.6) is 5.75 Å². The second-order valence-electron chi connectivity index (χ2n) is 7.47. The van der Waals surface area contributed by atoms with Crippen molar-refractivity contribution in [2.24, 2.45) is 4.99 Å². The molecule has 1 saturated heterocycles. The van der Waals surface area contributed by atoms with Crippen LogP contribution in [0.15, 0.2) is 59.6 Å². The summed E-state index contributed by atoms with van der Waals surface area (Å²) in [6.45, 7) is 10.8. The first kappa shape index (κ1) is 22.1. The number of benzene rings is 2. The molecule has 6 nitrogen and oxygen atoms in total. The predicted octanol–water partition coefficient (Wildman–Crippen LogP) is 3.04. The topological polar surface area (TPSA) is 58.1 Å². The third-order valence-corrected chi connectivity index (χ3v) is 5.01. The Bertz CT molecular complexity index is 776. The number of nitrogens with one attached hydrogen (secondary N) is 2. The molecule has 2 N–H and O–H groups in total. The van der Waals surface area contributed by atoms with Gasteiger partial charge in [0.25, 0.3) is 0 Å². The highest BCUT2D eigenvalue weighted by molar-refractivity contribution is 5.79. The quantitative estimate of drug-likeness (QED) is 0.492. The second-order valence-corrected chi connectivity index (χ2v) is 7.47. The highest BCUT2D eigenvalue weighted by Crippen LogP contribution is 2.14. The first-order chi connectivity index (χ1) is 14.7. The van der Waals surface area contributed by atoms with E-state index in [0.29, 0.717) is 13.1 Å². The van der Waals surface area contributed by atoms with Crippen molar-refractivity contribution < 1.29 is 9.47 Å². The van der Waals surface area contributed by atoms with Gasteiger partial charge in [0.05, 0.1) is 26.3 Å². The Morgan fingerprint density at radius 1 is 1.03 bits per heavy atom. The van der Waals surface area contributed by atoms with Gasteiger partial charge in [0.2, 0.25) is 0 Å². The van der Waals surface area contributed by atoms with E-state index in [2.05, 4.69) is 53.6 Å². The van der Waals surface area contributed by atoms with Gasteiger partial charge < -0.3 is 20.1 Å². The first-order valence-electron chi connectivity index (χ1n) is 10.9. The summed E-state index contributed by atoms with van der Waals surface area (Å²) in [7, 11) is 0. The van der Waals surface area contributed by atoms with Crippen molar-refractivity contribution >= 4 is 5.96 Å². The van der Waals surface area contributed by atoms with Crippen molar-refractivity contribution in [3.05, 3.63) is 65.7 Å². The van der Waals surface area contributed by atoms with Crippen LogP contribution in [0, 0.1) is 0 Å². The summed E-state index contributed by atoms with van der Waals surface area (Å²) in [5, 5.41) is 6.73. The van der Waals surface area contributed by atoms with Gasteiger partial charge in [-0.05, 0) is 37.1 Å². The third kappa shape index (κ3) is 7.35. The van der Waals surface area contributed by atoms with Crippen molar-refractivity contribution in [3.8, 4) is 5.75 Å². The fourth-order valence-electron chi connectivity index (χ4n) is 3.39. The average molecular weight is 411 g/mol. The van der Waals surface area contributed by atoms with Crippen LogP contribution in [-0.4, -0.2) is 56.4 Å². The van der Waals surface area contributed by atoms with Gasteiger partial charge in [-0.15, -0.1) is 0 Å². The molecule has 1 atom stereocenters. The second kappa shape index (κ2) is 12.2. The van der Waals surface area contributed by atoms with Crippen molar-refractivity contribution in [1.29, 1.82) is 0 Å².